The van der Waals surface area contributed by atoms with Crippen molar-refractivity contribution in [2.45, 2.75) is 64.2 Å². The van der Waals surface area contributed by atoms with Crippen molar-refractivity contribution < 1.29 is 19.1 Å². The summed E-state index contributed by atoms with van der Waals surface area (Å²) in [6, 6.07) is 5.41. The van der Waals surface area contributed by atoms with Gasteiger partial charge in [0.25, 0.3) is 5.91 Å². The van der Waals surface area contributed by atoms with E-state index in [0.29, 0.717) is 30.2 Å². The number of carbonyl (C=O) groups excluding carboxylic acids is 3. The van der Waals surface area contributed by atoms with E-state index < -0.39 is 12.1 Å². The summed E-state index contributed by atoms with van der Waals surface area (Å²) in [5.74, 6) is -0.437. The zero-order valence-electron chi connectivity index (χ0n) is 18.8. The van der Waals surface area contributed by atoms with Crippen LogP contribution in [0.1, 0.15) is 55.1 Å². The molecule has 10 heteroatoms. The number of nitrogens with zero attached hydrogens (tertiary/aromatic N) is 3. The Bertz CT molecular complexity index is 1000. The number of aromatic nitrogens is 3. The van der Waals surface area contributed by atoms with Crippen LogP contribution in [-0.2, 0) is 22.7 Å². The first-order chi connectivity index (χ1) is 16.0. The van der Waals surface area contributed by atoms with Gasteiger partial charge in [0.2, 0.25) is 11.8 Å². The van der Waals surface area contributed by atoms with Gasteiger partial charge in [-0.15, -0.1) is 5.10 Å². The first kappa shape index (κ1) is 22.8. The Balaban J connectivity index is 1.58. The van der Waals surface area contributed by atoms with E-state index in [1.807, 2.05) is 0 Å². The predicted octanol–water partition coefficient (Wildman–Crippen LogP) is 1.17. The van der Waals surface area contributed by atoms with Gasteiger partial charge in [0, 0.05) is 5.56 Å². The number of fused-ring (bicyclic) bond motifs is 4. The van der Waals surface area contributed by atoms with E-state index in [1.165, 1.54) is 0 Å². The number of amides is 3. The summed E-state index contributed by atoms with van der Waals surface area (Å²) in [5, 5.41) is 16.6. The maximum Gasteiger partial charge on any atom is 0.252 e. The third-order valence-corrected chi connectivity index (χ3v) is 6.16. The monoisotopic (exact) mass is 454 g/mol. The predicted molar refractivity (Wildman–Crippen MR) is 119 cm³/mol. The molecule has 1 aliphatic heterocycles. The van der Waals surface area contributed by atoms with E-state index >= 15 is 0 Å². The van der Waals surface area contributed by atoms with Gasteiger partial charge >= 0.3 is 0 Å². The van der Waals surface area contributed by atoms with Gasteiger partial charge in [-0.3, -0.25) is 14.4 Å². The molecule has 0 spiro atoms. The normalized spacial score (nSPS) is 23.4. The molecule has 1 saturated carbocycles. The molecule has 1 aromatic carbocycles. The van der Waals surface area contributed by atoms with E-state index in [1.54, 1.807) is 42.1 Å². The molecular formula is C23H30N6O4. The van der Waals surface area contributed by atoms with Crippen LogP contribution in [0.15, 0.2) is 30.5 Å². The Hall–Kier alpha value is -3.43. The number of nitrogens with one attached hydrogen (secondary N) is 3. The first-order valence-electron chi connectivity index (χ1n) is 11.5. The van der Waals surface area contributed by atoms with Crippen molar-refractivity contribution >= 4 is 17.7 Å². The molecule has 0 unspecified atom stereocenters. The average Bonchev–Trinajstić information content (AvgIpc) is 3.28. The fraction of sp³-hybridized carbons (Fsp3) is 0.522. The van der Waals surface area contributed by atoms with Gasteiger partial charge in [-0.25, -0.2) is 4.68 Å². The van der Waals surface area contributed by atoms with Crippen LogP contribution >= 0.6 is 0 Å². The highest BCUT2D eigenvalue weighted by molar-refractivity contribution is 5.98. The summed E-state index contributed by atoms with van der Waals surface area (Å²) >= 11 is 0. The molecule has 2 aliphatic rings. The number of hydrogen-bond donors (Lipinski definition) is 3. The molecule has 3 N–H and O–H groups in total. The highest BCUT2D eigenvalue weighted by atomic mass is 16.5. The SMILES string of the molecule is C[C@H]1NC(=O)[C@H](C2CCCCC2)NC(=O)c2cccc(c2)OCCn2cc(nn2)CNC1=O. The van der Waals surface area contributed by atoms with Gasteiger partial charge in [0.1, 0.15) is 30.1 Å². The van der Waals surface area contributed by atoms with Crippen LogP contribution < -0.4 is 20.7 Å². The minimum absolute atomic E-state index is 0.0260. The lowest BCUT2D eigenvalue weighted by atomic mass is 9.83. The molecule has 2 atom stereocenters. The van der Waals surface area contributed by atoms with Crippen molar-refractivity contribution in [2.75, 3.05) is 6.61 Å². The smallest absolute Gasteiger partial charge is 0.252 e. The van der Waals surface area contributed by atoms with E-state index in [0.717, 1.165) is 32.1 Å². The van der Waals surface area contributed by atoms with Crippen LogP contribution in [0.3, 0.4) is 0 Å². The van der Waals surface area contributed by atoms with Crippen LogP contribution in [0.4, 0.5) is 0 Å². The van der Waals surface area contributed by atoms with E-state index in [2.05, 4.69) is 26.3 Å². The van der Waals surface area contributed by atoms with Crippen molar-refractivity contribution in [3.8, 4) is 5.75 Å². The van der Waals surface area contributed by atoms with Crippen LogP contribution in [0.5, 0.6) is 5.75 Å². The van der Waals surface area contributed by atoms with Gasteiger partial charge in [0.15, 0.2) is 0 Å². The fourth-order valence-corrected chi connectivity index (χ4v) is 4.30. The number of benzene rings is 1. The summed E-state index contributed by atoms with van der Waals surface area (Å²) in [6.07, 6.45) is 6.62. The molecule has 176 valence electrons. The molecule has 33 heavy (non-hydrogen) atoms. The number of carbonyl (C=O) groups is 3. The van der Waals surface area contributed by atoms with Gasteiger partial charge in [-0.05, 0) is 43.9 Å². The van der Waals surface area contributed by atoms with Gasteiger partial charge < -0.3 is 20.7 Å². The molecule has 2 aromatic rings. The molecule has 4 bridgehead atoms. The zero-order valence-corrected chi connectivity index (χ0v) is 18.8. The quantitative estimate of drug-likeness (QED) is 0.594. The first-order valence-corrected chi connectivity index (χ1v) is 11.5. The Morgan fingerprint density at radius 3 is 2.70 bits per heavy atom. The second-order valence-electron chi connectivity index (χ2n) is 8.65. The minimum atomic E-state index is -0.758. The molecule has 4 rings (SSSR count). The van der Waals surface area contributed by atoms with Gasteiger partial charge in [-0.2, -0.15) is 0 Å². The molecule has 10 nitrogen and oxygen atoms in total. The summed E-state index contributed by atoms with van der Waals surface area (Å²) in [7, 11) is 0. The lowest BCUT2D eigenvalue weighted by molar-refractivity contribution is -0.130. The zero-order chi connectivity index (χ0) is 23.2. The third kappa shape index (κ3) is 5.88. The highest BCUT2D eigenvalue weighted by Crippen LogP contribution is 2.27. The minimum Gasteiger partial charge on any atom is -0.492 e. The molecule has 2 heterocycles. The summed E-state index contributed by atoms with van der Waals surface area (Å²) in [6.45, 7) is 2.63. The fourth-order valence-electron chi connectivity index (χ4n) is 4.30. The maximum atomic E-state index is 13.2. The van der Waals surface area contributed by atoms with Gasteiger partial charge in [0.05, 0.1) is 19.3 Å². The second kappa shape index (κ2) is 10.5. The second-order valence-corrected chi connectivity index (χ2v) is 8.65. The third-order valence-electron chi connectivity index (χ3n) is 6.16. The molecule has 0 saturated heterocycles. The van der Waals surface area contributed by atoms with Crippen LogP contribution in [0.25, 0.3) is 0 Å². The van der Waals surface area contributed by atoms with Crippen molar-refractivity contribution in [3.05, 3.63) is 41.7 Å². The van der Waals surface area contributed by atoms with E-state index in [4.69, 9.17) is 4.74 Å². The number of rotatable bonds is 1. The number of ether oxygens (including phenoxy) is 1. The Morgan fingerprint density at radius 2 is 1.88 bits per heavy atom. The lowest BCUT2D eigenvalue weighted by Crippen LogP contribution is -2.55. The lowest BCUT2D eigenvalue weighted by Gasteiger charge is -2.31. The van der Waals surface area contributed by atoms with Crippen molar-refractivity contribution in [1.82, 2.24) is 30.9 Å². The average molecular weight is 455 g/mol. The van der Waals surface area contributed by atoms with Crippen LogP contribution in [0.2, 0.25) is 0 Å². The summed E-state index contributed by atoms with van der Waals surface area (Å²) < 4.78 is 7.41. The Labute approximate surface area is 192 Å². The summed E-state index contributed by atoms with van der Waals surface area (Å²) in [5.41, 5.74) is 1.02. The molecule has 1 aliphatic carbocycles. The Kier molecular flexibility index (Phi) is 7.21. The van der Waals surface area contributed by atoms with Crippen molar-refractivity contribution in [3.63, 3.8) is 0 Å². The largest absolute Gasteiger partial charge is 0.492 e. The molecule has 1 aromatic heterocycles. The topological polar surface area (TPSA) is 127 Å². The molecule has 3 amide bonds. The van der Waals surface area contributed by atoms with Crippen molar-refractivity contribution in [2.24, 2.45) is 5.92 Å². The summed E-state index contributed by atoms with van der Waals surface area (Å²) in [4.78, 5) is 38.8. The standard InChI is InChI=1S/C23H30N6O4/c1-15-21(30)24-13-18-14-29(28-27-18)10-11-33-19-9-5-8-17(12-19)22(31)26-20(23(32)25-15)16-6-3-2-4-7-16/h5,8-9,12,14-16,20H,2-4,6-7,10-11,13H2,1H3,(H,24,30)(H,25,32)(H,26,31)/t15-,20+/m1/s1. The highest BCUT2D eigenvalue weighted by Gasteiger charge is 2.32. The van der Waals surface area contributed by atoms with Crippen LogP contribution in [0, 0.1) is 5.92 Å². The van der Waals surface area contributed by atoms with Gasteiger partial charge in [-0.1, -0.05) is 30.5 Å². The van der Waals surface area contributed by atoms with E-state index in [9.17, 15) is 14.4 Å². The van der Waals surface area contributed by atoms with E-state index in [-0.39, 0.29) is 30.2 Å². The van der Waals surface area contributed by atoms with Crippen LogP contribution in [-0.4, -0.2) is 51.4 Å². The molecule has 1 fully saturated rings. The van der Waals surface area contributed by atoms with Crippen molar-refractivity contribution in [1.29, 1.82) is 0 Å². The maximum absolute atomic E-state index is 13.2. The Morgan fingerprint density at radius 1 is 1.06 bits per heavy atom. The molecular weight excluding hydrogens is 424 g/mol. The molecule has 0 radical (unpaired) electrons. The number of hydrogen-bond acceptors (Lipinski definition) is 6.